The highest BCUT2D eigenvalue weighted by atomic mass is 32.2. The van der Waals surface area contributed by atoms with E-state index in [-0.39, 0.29) is 0 Å². The van der Waals surface area contributed by atoms with Crippen molar-refractivity contribution in [3.8, 4) is 5.75 Å². The Kier molecular flexibility index (Phi) is 4.85. The van der Waals surface area contributed by atoms with Crippen LogP contribution in [0.15, 0.2) is 53.7 Å². The smallest absolute Gasteiger partial charge is 0.180 e. The summed E-state index contributed by atoms with van der Waals surface area (Å²) in [6, 6.07) is 11.2. The Morgan fingerprint density at radius 2 is 1.73 bits per heavy atom. The number of hydrogen-bond acceptors (Lipinski definition) is 4. The van der Waals surface area contributed by atoms with Gasteiger partial charge in [0.25, 0.3) is 0 Å². The maximum absolute atomic E-state index is 11.0. The van der Waals surface area contributed by atoms with Gasteiger partial charge in [-0.05, 0) is 55.8 Å². The molecule has 3 rings (SSSR count). The van der Waals surface area contributed by atoms with Gasteiger partial charge in [0.2, 0.25) is 0 Å². The fourth-order valence-corrected chi connectivity index (χ4v) is 3.83. The normalized spacial score (nSPS) is 16.7. The molecule has 0 radical (unpaired) electrons. The standard InChI is InChI=1S/C17H20N2O2S/c20-15-1-3-16(4-2-15)22-17-7-9-18(10-8-17)13-14-5-11-19(21)12-6-14/h1-6,11-12,17,20H,7-10,13H2. The van der Waals surface area contributed by atoms with Gasteiger partial charge in [0.1, 0.15) is 5.75 Å². The minimum atomic E-state index is 0.321. The van der Waals surface area contributed by atoms with Gasteiger partial charge in [-0.2, -0.15) is 4.73 Å². The van der Waals surface area contributed by atoms with Crippen molar-refractivity contribution in [1.82, 2.24) is 4.90 Å². The van der Waals surface area contributed by atoms with Crippen LogP contribution in [-0.4, -0.2) is 28.3 Å². The van der Waals surface area contributed by atoms with Gasteiger partial charge in [0.15, 0.2) is 12.4 Å². The van der Waals surface area contributed by atoms with Crippen LogP contribution >= 0.6 is 11.8 Å². The lowest BCUT2D eigenvalue weighted by atomic mass is 10.1. The van der Waals surface area contributed by atoms with Gasteiger partial charge >= 0.3 is 0 Å². The number of rotatable bonds is 4. The van der Waals surface area contributed by atoms with Crippen molar-refractivity contribution in [2.45, 2.75) is 29.5 Å². The van der Waals surface area contributed by atoms with Crippen LogP contribution in [0.25, 0.3) is 0 Å². The lowest BCUT2D eigenvalue weighted by Gasteiger charge is -2.31. The summed E-state index contributed by atoms with van der Waals surface area (Å²) in [5, 5.41) is 21.0. The predicted octanol–water partition coefficient (Wildman–Crippen LogP) is 2.78. The molecule has 22 heavy (non-hydrogen) atoms. The third-order valence-electron chi connectivity index (χ3n) is 3.95. The Labute approximate surface area is 135 Å². The first kappa shape index (κ1) is 15.2. The van der Waals surface area contributed by atoms with Crippen LogP contribution in [0.2, 0.25) is 0 Å². The van der Waals surface area contributed by atoms with Crippen LogP contribution < -0.4 is 4.73 Å². The van der Waals surface area contributed by atoms with Crippen LogP contribution in [0.3, 0.4) is 0 Å². The molecular weight excluding hydrogens is 296 g/mol. The van der Waals surface area contributed by atoms with Gasteiger partial charge in [-0.1, -0.05) is 0 Å². The van der Waals surface area contributed by atoms with Gasteiger partial charge in [0, 0.05) is 28.8 Å². The van der Waals surface area contributed by atoms with E-state index in [9.17, 15) is 10.3 Å². The number of piperidine rings is 1. The first-order chi connectivity index (χ1) is 10.7. The number of likely N-dealkylation sites (tertiary alicyclic amines) is 1. The number of aromatic nitrogens is 1. The molecule has 1 aromatic heterocycles. The van der Waals surface area contributed by atoms with Crippen molar-refractivity contribution in [1.29, 1.82) is 0 Å². The van der Waals surface area contributed by atoms with Crippen molar-refractivity contribution in [3.63, 3.8) is 0 Å². The highest BCUT2D eigenvalue weighted by Crippen LogP contribution is 2.31. The number of thioether (sulfide) groups is 1. The van der Waals surface area contributed by atoms with Crippen molar-refractivity contribution >= 4 is 11.8 Å². The monoisotopic (exact) mass is 316 g/mol. The number of aromatic hydroxyl groups is 1. The first-order valence-corrected chi connectivity index (χ1v) is 8.43. The highest BCUT2D eigenvalue weighted by molar-refractivity contribution is 8.00. The van der Waals surface area contributed by atoms with Gasteiger partial charge < -0.3 is 10.3 Å². The molecule has 5 heteroatoms. The van der Waals surface area contributed by atoms with Gasteiger partial charge in [-0.25, -0.2) is 0 Å². The lowest BCUT2D eigenvalue weighted by molar-refractivity contribution is -0.605. The zero-order valence-electron chi connectivity index (χ0n) is 12.4. The van der Waals surface area contributed by atoms with Crippen LogP contribution in [0.1, 0.15) is 18.4 Å². The molecule has 1 fully saturated rings. The molecule has 1 aromatic carbocycles. The molecule has 2 aromatic rings. The zero-order valence-corrected chi connectivity index (χ0v) is 13.2. The lowest BCUT2D eigenvalue weighted by Crippen LogP contribution is -2.34. The summed E-state index contributed by atoms with van der Waals surface area (Å²) >= 11 is 1.90. The van der Waals surface area contributed by atoms with E-state index >= 15 is 0 Å². The minimum absolute atomic E-state index is 0.321. The van der Waals surface area contributed by atoms with E-state index < -0.39 is 0 Å². The predicted molar refractivity (Wildman–Crippen MR) is 87.7 cm³/mol. The highest BCUT2D eigenvalue weighted by Gasteiger charge is 2.20. The van der Waals surface area contributed by atoms with Crippen LogP contribution in [-0.2, 0) is 6.54 Å². The molecule has 0 aliphatic carbocycles. The molecule has 0 saturated carbocycles. The summed E-state index contributed by atoms with van der Waals surface area (Å²) in [6.07, 6.45) is 5.45. The molecule has 2 heterocycles. The van der Waals surface area contributed by atoms with E-state index in [4.69, 9.17) is 0 Å². The molecule has 1 aliphatic rings. The molecule has 0 amide bonds. The fourth-order valence-electron chi connectivity index (χ4n) is 2.71. The van der Waals surface area contributed by atoms with Crippen LogP contribution in [0.4, 0.5) is 0 Å². The van der Waals surface area contributed by atoms with Gasteiger partial charge in [-0.3, -0.25) is 4.90 Å². The second kappa shape index (κ2) is 7.03. The molecule has 116 valence electrons. The van der Waals surface area contributed by atoms with Crippen molar-refractivity contribution in [3.05, 3.63) is 59.6 Å². The number of nitrogens with zero attached hydrogens (tertiary/aromatic N) is 2. The summed E-state index contributed by atoms with van der Waals surface area (Å²) in [6.45, 7) is 3.08. The average Bonchev–Trinajstić information content (AvgIpc) is 2.54. The average molecular weight is 316 g/mol. The second-order valence-electron chi connectivity index (χ2n) is 5.65. The van der Waals surface area contributed by atoms with E-state index in [1.807, 2.05) is 36.0 Å². The molecule has 1 N–H and O–H groups in total. The third kappa shape index (κ3) is 4.15. The summed E-state index contributed by atoms with van der Waals surface area (Å²) in [5.41, 5.74) is 1.19. The third-order valence-corrected chi connectivity index (χ3v) is 5.30. The molecular formula is C17H20N2O2S. The topological polar surface area (TPSA) is 50.4 Å². The molecule has 0 bridgehead atoms. The van der Waals surface area contributed by atoms with E-state index in [1.165, 1.54) is 23.3 Å². The number of hydrogen-bond donors (Lipinski definition) is 1. The van der Waals surface area contributed by atoms with Crippen molar-refractivity contribution in [2.24, 2.45) is 0 Å². The molecule has 1 saturated heterocycles. The molecule has 1 aliphatic heterocycles. The summed E-state index contributed by atoms with van der Waals surface area (Å²) in [7, 11) is 0. The molecule has 0 atom stereocenters. The van der Waals surface area contributed by atoms with Crippen LogP contribution in [0.5, 0.6) is 5.75 Å². The van der Waals surface area contributed by atoms with Gasteiger partial charge in [-0.15, -0.1) is 11.8 Å². The number of pyridine rings is 1. The van der Waals surface area contributed by atoms with E-state index in [0.717, 1.165) is 24.4 Å². The molecule has 0 spiro atoms. The zero-order chi connectivity index (χ0) is 15.4. The Morgan fingerprint density at radius 1 is 1.09 bits per heavy atom. The summed E-state index contributed by atoms with van der Waals surface area (Å²) < 4.78 is 0.823. The van der Waals surface area contributed by atoms with Crippen LogP contribution in [0, 0.1) is 5.21 Å². The summed E-state index contributed by atoms with van der Waals surface area (Å²) in [5.74, 6) is 0.321. The molecule has 0 unspecified atom stereocenters. The Bertz CT molecular complexity index is 538. The van der Waals surface area contributed by atoms with E-state index in [0.29, 0.717) is 11.0 Å². The minimum Gasteiger partial charge on any atom is -0.619 e. The maximum atomic E-state index is 11.0. The molecule has 4 nitrogen and oxygen atoms in total. The Hall–Kier alpha value is -1.72. The fraction of sp³-hybridized carbons (Fsp3) is 0.353. The van der Waals surface area contributed by atoms with Crippen molar-refractivity contribution < 1.29 is 9.84 Å². The SMILES string of the molecule is [O-][n+]1ccc(CN2CCC(Sc3ccc(O)cc3)CC2)cc1. The van der Waals surface area contributed by atoms with Crippen molar-refractivity contribution in [2.75, 3.05) is 13.1 Å². The number of phenols is 1. The largest absolute Gasteiger partial charge is 0.619 e. The second-order valence-corrected chi connectivity index (χ2v) is 7.03. The maximum Gasteiger partial charge on any atom is 0.180 e. The van der Waals surface area contributed by atoms with Gasteiger partial charge in [0.05, 0.1) is 0 Å². The van der Waals surface area contributed by atoms with E-state index in [1.54, 1.807) is 24.5 Å². The number of benzene rings is 1. The quantitative estimate of drug-likeness (QED) is 0.696. The number of phenolic OH excluding ortho intramolecular Hbond substituents is 1. The Balaban J connectivity index is 1.47. The summed E-state index contributed by atoms with van der Waals surface area (Å²) in [4.78, 5) is 3.66. The Morgan fingerprint density at radius 3 is 2.36 bits per heavy atom. The van der Waals surface area contributed by atoms with E-state index in [2.05, 4.69) is 4.90 Å². The first-order valence-electron chi connectivity index (χ1n) is 7.55.